The van der Waals surface area contributed by atoms with Gasteiger partial charge in [0.2, 0.25) is 0 Å². The second kappa shape index (κ2) is 18.0. The smallest absolute Gasteiger partial charge is 0.323 e. The van der Waals surface area contributed by atoms with Crippen LogP contribution in [0.1, 0.15) is 36.8 Å². The molecule has 2 aliphatic rings. The molecule has 0 spiro atoms. The Bertz CT molecular complexity index is 1910. The number of hydrogen-bond donors (Lipinski definition) is 5. The predicted molar refractivity (Wildman–Crippen MR) is 203 cm³/mol. The first-order valence-corrected chi connectivity index (χ1v) is 19.0. The number of hydrogen-bond acceptors (Lipinski definition) is 10. The van der Waals surface area contributed by atoms with Crippen molar-refractivity contribution in [3.63, 3.8) is 0 Å². The van der Waals surface area contributed by atoms with E-state index in [2.05, 4.69) is 38.3 Å². The summed E-state index contributed by atoms with van der Waals surface area (Å²) in [5.41, 5.74) is 4.38. The molecule has 2 fully saturated rings. The molecule has 2 saturated heterocycles. The molecule has 0 saturated carbocycles. The van der Waals surface area contributed by atoms with E-state index in [-0.39, 0.29) is 49.1 Å². The third kappa shape index (κ3) is 9.68. The van der Waals surface area contributed by atoms with Crippen molar-refractivity contribution < 1.29 is 39.5 Å². The van der Waals surface area contributed by atoms with Gasteiger partial charge in [0.25, 0.3) is 5.91 Å². The first kappa shape index (κ1) is 38.9. The number of fused-ring (bicyclic) bond motifs is 1. The molecular formula is C38H45BrClN5O8. The maximum absolute atomic E-state index is 12.8. The van der Waals surface area contributed by atoms with Gasteiger partial charge in [-0.05, 0) is 71.4 Å². The van der Waals surface area contributed by atoms with Gasteiger partial charge in [-0.2, -0.15) is 5.10 Å². The SMILES string of the molecule is O=C(O)[C@H](CO)NCc1cc(Cl)c(OCc2cccc(-c3cccc4c3cnn4CCCCN3CC[C@@H](O)C3)c2Br)cc1OCC(=O)N1CC[C@@H](O)C1. The molecule has 15 heteroatoms. The summed E-state index contributed by atoms with van der Waals surface area (Å²) in [6.45, 7) is 3.37. The van der Waals surface area contributed by atoms with Crippen molar-refractivity contribution in [1.29, 1.82) is 0 Å². The fourth-order valence-corrected chi connectivity index (χ4v) is 7.64. The van der Waals surface area contributed by atoms with Gasteiger partial charge in [0.05, 0.1) is 35.6 Å². The van der Waals surface area contributed by atoms with E-state index in [0.29, 0.717) is 24.3 Å². The number of benzene rings is 3. The van der Waals surface area contributed by atoms with Crippen molar-refractivity contribution in [1.82, 2.24) is 24.9 Å². The average Bonchev–Trinajstić information content (AvgIpc) is 3.89. The lowest BCUT2D eigenvalue weighted by molar-refractivity contribution is -0.140. The van der Waals surface area contributed by atoms with E-state index in [1.54, 1.807) is 12.1 Å². The zero-order valence-electron chi connectivity index (χ0n) is 29.3. The Morgan fingerprint density at radius 2 is 1.72 bits per heavy atom. The van der Waals surface area contributed by atoms with E-state index in [4.69, 9.17) is 26.2 Å². The number of rotatable bonds is 17. The molecule has 13 nitrogen and oxygen atoms in total. The highest BCUT2D eigenvalue weighted by atomic mass is 79.9. The van der Waals surface area contributed by atoms with E-state index >= 15 is 0 Å². The van der Waals surface area contributed by atoms with E-state index in [0.717, 1.165) is 77.5 Å². The second-order valence-electron chi connectivity index (χ2n) is 13.5. The van der Waals surface area contributed by atoms with Crippen LogP contribution in [-0.4, -0.2) is 116 Å². The first-order chi connectivity index (χ1) is 25.6. The van der Waals surface area contributed by atoms with Gasteiger partial charge in [0.15, 0.2) is 6.61 Å². The lowest BCUT2D eigenvalue weighted by Gasteiger charge is -2.20. The maximum atomic E-state index is 12.8. The van der Waals surface area contributed by atoms with Crippen LogP contribution >= 0.6 is 27.5 Å². The molecule has 5 N–H and O–H groups in total. The van der Waals surface area contributed by atoms with Crippen molar-refractivity contribution in [3.05, 3.63) is 75.4 Å². The van der Waals surface area contributed by atoms with Crippen LogP contribution in [0.25, 0.3) is 22.0 Å². The van der Waals surface area contributed by atoms with Gasteiger partial charge in [-0.25, -0.2) is 0 Å². The molecule has 3 aromatic carbocycles. The summed E-state index contributed by atoms with van der Waals surface area (Å²) < 4.78 is 15.1. The number of unbranched alkanes of at least 4 members (excludes halogenated alkanes) is 1. The van der Waals surface area contributed by atoms with Gasteiger partial charge < -0.3 is 39.7 Å². The van der Waals surface area contributed by atoms with Crippen molar-refractivity contribution in [2.45, 2.75) is 63.6 Å². The van der Waals surface area contributed by atoms with Crippen molar-refractivity contribution in [2.24, 2.45) is 0 Å². The number of aliphatic hydroxyl groups excluding tert-OH is 3. The molecular weight excluding hydrogens is 770 g/mol. The molecule has 4 aromatic rings. The highest BCUT2D eigenvalue weighted by molar-refractivity contribution is 9.10. The zero-order chi connectivity index (χ0) is 37.5. The zero-order valence-corrected chi connectivity index (χ0v) is 31.6. The Morgan fingerprint density at radius 3 is 2.45 bits per heavy atom. The number of aliphatic carboxylic acids is 1. The molecule has 1 amide bonds. The van der Waals surface area contributed by atoms with Crippen molar-refractivity contribution in [3.8, 4) is 22.6 Å². The number of nitrogens with one attached hydrogen (secondary N) is 1. The molecule has 2 aliphatic heterocycles. The number of carbonyl (C=O) groups excluding carboxylic acids is 1. The van der Waals surface area contributed by atoms with Crippen LogP contribution in [0.5, 0.6) is 11.5 Å². The Hall–Kier alpha value is -3.76. The number of β-amino-alcohol motifs (C(OH)–C–C–N with tert-alkyl or cyclic N) is 2. The van der Waals surface area contributed by atoms with Crippen LogP contribution in [-0.2, 0) is 29.3 Å². The van der Waals surface area contributed by atoms with E-state index in [9.17, 15) is 30.0 Å². The number of ether oxygens (including phenoxy) is 2. The summed E-state index contributed by atoms with van der Waals surface area (Å²) in [5, 5.41) is 47.3. The molecule has 0 unspecified atom stereocenters. The van der Waals surface area contributed by atoms with Gasteiger partial charge in [0.1, 0.15) is 24.1 Å². The van der Waals surface area contributed by atoms with E-state index in [1.165, 1.54) is 4.90 Å². The summed E-state index contributed by atoms with van der Waals surface area (Å²) in [7, 11) is 0. The predicted octanol–water partition coefficient (Wildman–Crippen LogP) is 4.05. The summed E-state index contributed by atoms with van der Waals surface area (Å²) in [4.78, 5) is 28.1. The molecule has 3 heterocycles. The minimum absolute atomic E-state index is 0.0111. The second-order valence-corrected chi connectivity index (χ2v) is 14.7. The summed E-state index contributed by atoms with van der Waals surface area (Å²) in [6.07, 6.45) is 4.51. The lowest BCUT2D eigenvalue weighted by Crippen LogP contribution is -2.39. The molecule has 53 heavy (non-hydrogen) atoms. The van der Waals surface area contributed by atoms with Crippen molar-refractivity contribution >= 4 is 50.3 Å². The number of carbonyl (C=O) groups is 2. The Morgan fingerprint density at radius 1 is 0.962 bits per heavy atom. The number of carboxylic acids is 1. The van der Waals surface area contributed by atoms with Crippen LogP contribution in [0.4, 0.5) is 0 Å². The van der Waals surface area contributed by atoms with Crippen LogP contribution in [0.15, 0.2) is 59.2 Å². The minimum atomic E-state index is -1.22. The molecule has 0 radical (unpaired) electrons. The molecule has 0 bridgehead atoms. The van der Waals surface area contributed by atoms with Crippen LogP contribution in [0, 0.1) is 0 Å². The molecule has 6 rings (SSSR count). The largest absolute Gasteiger partial charge is 0.487 e. The Labute approximate surface area is 321 Å². The maximum Gasteiger partial charge on any atom is 0.323 e. The van der Waals surface area contributed by atoms with Gasteiger partial charge in [-0.1, -0.05) is 41.9 Å². The van der Waals surface area contributed by atoms with E-state index in [1.807, 2.05) is 35.1 Å². The molecule has 3 atom stereocenters. The highest BCUT2D eigenvalue weighted by Crippen LogP contribution is 2.38. The fraction of sp³-hybridized carbons (Fsp3) is 0.447. The number of aryl methyl sites for hydroxylation is 1. The number of nitrogens with zero attached hydrogens (tertiary/aromatic N) is 4. The monoisotopic (exact) mass is 813 g/mol. The van der Waals surface area contributed by atoms with E-state index < -0.39 is 24.7 Å². The number of amides is 1. The topological polar surface area (TPSA) is 170 Å². The quantitative estimate of drug-likeness (QED) is 0.0976. The third-order valence-electron chi connectivity index (χ3n) is 9.78. The summed E-state index contributed by atoms with van der Waals surface area (Å²) in [5.74, 6) is -0.948. The third-order valence-corrected chi connectivity index (χ3v) is 11.0. The summed E-state index contributed by atoms with van der Waals surface area (Å²) in [6, 6.07) is 14.1. The Kier molecular flexibility index (Phi) is 13.3. The highest BCUT2D eigenvalue weighted by Gasteiger charge is 2.26. The number of aliphatic hydroxyl groups is 3. The lowest BCUT2D eigenvalue weighted by atomic mass is 10.00. The van der Waals surface area contributed by atoms with Crippen LogP contribution in [0.2, 0.25) is 5.02 Å². The van der Waals surface area contributed by atoms with Crippen molar-refractivity contribution in [2.75, 3.05) is 45.9 Å². The number of carboxylic acid groups (broad SMARTS) is 1. The number of halogens is 2. The Balaban J connectivity index is 1.16. The van der Waals surface area contributed by atoms with Crippen LogP contribution < -0.4 is 14.8 Å². The first-order valence-electron chi connectivity index (χ1n) is 17.8. The molecule has 1 aromatic heterocycles. The minimum Gasteiger partial charge on any atom is -0.487 e. The number of likely N-dealkylation sites (tertiary alicyclic amines) is 2. The van der Waals surface area contributed by atoms with Gasteiger partial charge in [-0.3, -0.25) is 19.6 Å². The molecule has 0 aliphatic carbocycles. The average molecular weight is 815 g/mol. The standard InChI is InChI=1S/C38H45BrClN5O8/c39-37-24(5-3-7-29(37)28-6-4-8-33-30(28)18-42-45(33)12-2-1-11-43-13-9-26(47)19-43)22-52-35-16-34(53-23-36(49)44-14-10-27(48)20-44)25(15-31(35)40)17-41-32(21-46)38(50)51/h3-8,15-16,18,26-27,32,41,46-48H,1-2,9-14,17,19-23H2,(H,50,51)/t26-,27-,32+/m1/s1. The van der Waals surface area contributed by atoms with Crippen LogP contribution in [0.3, 0.4) is 0 Å². The normalized spacial score (nSPS) is 18.2. The van der Waals surface area contributed by atoms with Gasteiger partial charge >= 0.3 is 5.97 Å². The number of aromatic nitrogens is 2. The summed E-state index contributed by atoms with van der Waals surface area (Å²) >= 11 is 10.5. The van der Waals surface area contributed by atoms with Gasteiger partial charge in [-0.15, -0.1) is 0 Å². The molecule has 284 valence electrons. The fourth-order valence-electron chi connectivity index (χ4n) is 6.80. The van der Waals surface area contributed by atoms with Gasteiger partial charge in [0, 0.05) is 66.3 Å².